The maximum Gasteiger partial charge on any atom is 0.0352 e. The minimum atomic E-state index is 0.216. The SMILES string of the molecule is CC(C)CC1(C(N)c2ccccc2)CCCC1. The first-order valence-corrected chi connectivity index (χ1v) is 6.94. The van der Waals surface area contributed by atoms with Gasteiger partial charge in [0.1, 0.15) is 0 Å². The summed E-state index contributed by atoms with van der Waals surface area (Å²) in [5.74, 6) is 0.739. The third-order valence-electron chi connectivity index (χ3n) is 4.23. The molecule has 1 unspecified atom stereocenters. The topological polar surface area (TPSA) is 26.0 Å². The van der Waals surface area contributed by atoms with E-state index in [9.17, 15) is 0 Å². The summed E-state index contributed by atoms with van der Waals surface area (Å²) in [6.45, 7) is 4.63. The molecule has 0 bridgehead atoms. The van der Waals surface area contributed by atoms with Crippen molar-refractivity contribution in [2.75, 3.05) is 0 Å². The van der Waals surface area contributed by atoms with Crippen molar-refractivity contribution in [3.63, 3.8) is 0 Å². The van der Waals surface area contributed by atoms with E-state index in [0.29, 0.717) is 5.41 Å². The van der Waals surface area contributed by atoms with E-state index >= 15 is 0 Å². The lowest BCUT2D eigenvalue weighted by atomic mass is 9.71. The number of rotatable bonds is 4. The summed E-state index contributed by atoms with van der Waals surface area (Å²) in [7, 11) is 0. The molecule has 1 nitrogen and oxygen atoms in total. The Bertz CT molecular complexity index is 336. The van der Waals surface area contributed by atoms with Crippen LogP contribution in [0.2, 0.25) is 0 Å². The predicted molar refractivity (Wildman–Crippen MR) is 73.7 cm³/mol. The molecular weight excluding hydrogens is 206 g/mol. The van der Waals surface area contributed by atoms with Crippen LogP contribution in [0.1, 0.15) is 57.6 Å². The van der Waals surface area contributed by atoms with Gasteiger partial charge in [0, 0.05) is 6.04 Å². The molecule has 1 fully saturated rings. The monoisotopic (exact) mass is 231 g/mol. The van der Waals surface area contributed by atoms with Gasteiger partial charge in [0.15, 0.2) is 0 Å². The van der Waals surface area contributed by atoms with Crippen molar-refractivity contribution in [3.05, 3.63) is 35.9 Å². The van der Waals surface area contributed by atoms with Gasteiger partial charge in [0.2, 0.25) is 0 Å². The van der Waals surface area contributed by atoms with Crippen molar-refractivity contribution in [2.45, 2.75) is 52.0 Å². The van der Waals surface area contributed by atoms with E-state index in [-0.39, 0.29) is 6.04 Å². The molecule has 1 heteroatoms. The molecule has 1 aromatic rings. The summed E-state index contributed by atoms with van der Waals surface area (Å²) in [6.07, 6.45) is 6.59. The molecule has 1 aromatic carbocycles. The summed E-state index contributed by atoms with van der Waals surface area (Å²) in [6, 6.07) is 10.9. The van der Waals surface area contributed by atoms with Crippen molar-refractivity contribution in [1.29, 1.82) is 0 Å². The van der Waals surface area contributed by atoms with Crippen LogP contribution in [0.25, 0.3) is 0 Å². The summed E-state index contributed by atoms with van der Waals surface area (Å²) in [5.41, 5.74) is 8.26. The molecule has 1 saturated carbocycles. The Balaban J connectivity index is 2.21. The van der Waals surface area contributed by atoms with Crippen LogP contribution in [0.15, 0.2) is 30.3 Å². The molecule has 0 radical (unpaired) electrons. The lowest BCUT2D eigenvalue weighted by Crippen LogP contribution is -2.33. The van der Waals surface area contributed by atoms with Crippen LogP contribution in [-0.2, 0) is 0 Å². The first-order chi connectivity index (χ1) is 8.14. The van der Waals surface area contributed by atoms with E-state index in [4.69, 9.17) is 5.73 Å². The number of hydrogen-bond acceptors (Lipinski definition) is 1. The molecular formula is C16H25N. The van der Waals surface area contributed by atoms with Crippen LogP contribution in [0.4, 0.5) is 0 Å². The van der Waals surface area contributed by atoms with Crippen molar-refractivity contribution >= 4 is 0 Å². The Morgan fingerprint density at radius 3 is 2.24 bits per heavy atom. The summed E-state index contributed by atoms with van der Waals surface area (Å²) >= 11 is 0. The van der Waals surface area contributed by atoms with E-state index in [0.717, 1.165) is 5.92 Å². The molecule has 2 rings (SSSR count). The summed E-state index contributed by atoms with van der Waals surface area (Å²) in [5, 5.41) is 0. The Kier molecular flexibility index (Phi) is 3.88. The van der Waals surface area contributed by atoms with Gasteiger partial charge in [-0.1, -0.05) is 57.0 Å². The second-order valence-electron chi connectivity index (χ2n) is 6.06. The predicted octanol–water partition coefficient (Wildman–Crippen LogP) is 4.29. The van der Waals surface area contributed by atoms with Gasteiger partial charge < -0.3 is 5.73 Å². The van der Waals surface area contributed by atoms with E-state index < -0.39 is 0 Å². The van der Waals surface area contributed by atoms with Crippen LogP contribution in [0.5, 0.6) is 0 Å². The quantitative estimate of drug-likeness (QED) is 0.821. The van der Waals surface area contributed by atoms with Crippen molar-refractivity contribution in [3.8, 4) is 0 Å². The second kappa shape index (κ2) is 5.22. The Morgan fingerprint density at radius 2 is 1.71 bits per heavy atom. The zero-order valence-corrected chi connectivity index (χ0v) is 11.2. The molecule has 1 aliphatic carbocycles. The molecule has 17 heavy (non-hydrogen) atoms. The zero-order chi connectivity index (χ0) is 12.3. The van der Waals surface area contributed by atoms with Crippen LogP contribution >= 0.6 is 0 Å². The first kappa shape index (κ1) is 12.6. The van der Waals surface area contributed by atoms with Gasteiger partial charge in [-0.15, -0.1) is 0 Å². The van der Waals surface area contributed by atoms with E-state index in [2.05, 4.69) is 44.2 Å². The molecule has 0 aromatic heterocycles. The lowest BCUT2D eigenvalue weighted by molar-refractivity contribution is 0.183. The minimum absolute atomic E-state index is 0.216. The van der Waals surface area contributed by atoms with Gasteiger partial charge in [0.25, 0.3) is 0 Å². The number of benzene rings is 1. The van der Waals surface area contributed by atoms with Crippen molar-refractivity contribution in [1.82, 2.24) is 0 Å². The van der Waals surface area contributed by atoms with Crippen LogP contribution in [-0.4, -0.2) is 0 Å². The van der Waals surface area contributed by atoms with Crippen molar-refractivity contribution in [2.24, 2.45) is 17.1 Å². The fourth-order valence-electron chi connectivity index (χ4n) is 3.55. The Labute approximate surface area is 105 Å². The van der Waals surface area contributed by atoms with Gasteiger partial charge in [-0.05, 0) is 36.2 Å². The zero-order valence-electron chi connectivity index (χ0n) is 11.2. The Morgan fingerprint density at radius 1 is 1.12 bits per heavy atom. The molecule has 1 aliphatic rings. The molecule has 0 aliphatic heterocycles. The van der Waals surface area contributed by atoms with Crippen LogP contribution in [0.3, 0.4) is 0 Å². The van der Waals surface area contributed by atoms with Gasteiger partial charge in [-0.25, -0.2) is 0 Å². The first-order valence-electron chi connectivity index (χ1n) is 6.94. The normalized spacial score (nSPS) is 20.7. The van der Waals surface area contributed by atoms with Crippen LogP contribution in [0, 0.1) is 11.3 Å². The van der Waals surface area contributed by atoms with E-state index in [1.54, 1.807) is 0 Å². The fourth-order valence-corrected chi connectivity index (χ4v) is 3.55. The van der Waals surface area contributed by atoms with Gasteiger partial charge in [0.05, 0.1) is 0 Å². The lowest BCUT2D eigenvalue weighted by Gasteiger charge is -2.37. The molecule has 1 atom stereocenters. The second-order valence-corrected chi connectivity index (χ2v) is 6.06. The van der Waals surface area contributed by atoms with E-state index in [1.807, 2.05) is 0 Å². The van der Waals surface area contributed by atoms with Crippen LogP contribution < -0.4 is 5.73 Å². The fraction of sp³-hybridized carbons (Fsp3) is 0.625. The third kappa shape index (κ3) is 2.71. The highest BCUT2D eigenvalue weighted by Crippen LogP contribution is 2.50. The largest absolute Gasteiger partial charge is 0.323 e. The minimum Gasteiger partial charge on any atom is -0.323 e. The molecule has 0 saturated heterocycles. The summed E-state index contributed by atoms with van der Waals surface area (Å²) in [4.78, 5) is 0. The molecule has 0 heterocycles. The third-order valence-corrected chi connectivity index (χ3v) is 4.23. The highest BCUT2D eigenvalue weighted by Gasteiger charge is 2.40. The summed E-state index contributed by atoms with van der Waals surface area (Å²) < 4.78 is 0. The molecule has 0 amide bonds. The molecule has 94 valence electrons. The van der Waals surface area contributed by atoms with Crippen molar-refractivity contribution < 1.29 is 0 Å². The highest BCUT2D eigenvalue weighted by molar-refractivity contribution is 5.21. The highest BCUT2D eigenvalue weighted by atomic mass is 14.7. The van der Waals surface area contributed by atoms with Gasteiger partial charge in [-0.3, -0.25) is 0 Å². The smallest absolute Gasteiger partial charge is 0.0352 e. The number of nitrogens with two attached hydrogens (primary N) is 1. The average Bonchev–Trinajstić information content (AvgIpc) is 2.78. The maximum absolute atomic E-state index is 6.58. The van der Waals surface area contributed by atoms with E-state index in [1.165, 1.54) is 37.7 Å². The van der Waals surface area contributed by atoms with Gasteiger partial charge >= 0.3 is 0 Å². The molecule has 2 N–H and O–H groups in total. The van der Waals surface area contributed by atoms with Gasteiger partial charge in [-0.2, -0.15) is 0 Å². The Hall–Kier alpha value is -0.820. The number of hydrogen-bond donors (Lipinski definition) is 1. The maximum atomic E-state index is 6.58. The standard InChI is InChI=1S/C16H25N/c1-13(2)12-16(10-6-7-11-16)15(17)14-8-4-3-5-9-14/h3-5,8-9,13,15H,6-7,10-12,17H2,1-2H3. The molecule has 0 spiro atoms. The average molecular weight is 231 g/mol.